The molecule has 84 valence electrons. The van der Waals surface area contributed by atoms with Crippen molar-refractivity contribution in [2.75, 3.05) is 0 Å². The molecule has 1 heterocycles. The largest absolute Gasteiger partial charge is 0.372 e. The van der Waals surface area contributed by atoms with Crippen molar-refractivity contribution in [2.45, 2.75) is 24.1 Å². The molecule has 2 rings (SSSR count). The minimum Gasteiger partial charge on any atom is -0.372 e. The molecule has 1 aromatic carbocycles. The molecule has 5 nitrogen and oxygen atoms in total. The summed E-state index contributed by atoms with van der Waals surface area (Å²) in [5, 5.41) is 21.1. The molecule has 6 heteroatoms. The van der Waals surface area contributed by atoms with Gasteiger partial charge in [0.2, 0.25) is 5.16 Å². The zero-order valence-corrected chi connectivity index (χ0v) is 9.63. The van der Waals surface area contributed by atoms with Gasteiger partial charge in [-0.2, -0.15) is 4.68 Å². The van der Waals surface area contributed by atoms with E-state index in [-0.39, 0.29) is 0 Å². The Morgan fingerprint density at radius 3 is 2.81 bits per heavy atom. The Bertz CT molecular complexity index is 443. The van der Waals surface area contributed by atoms with Gasteiger partial charge in [0.1, 0.15) is 6.23 Å². The van der Waals surface area contributed by atoms with Gasteiger partial charge < -0.3 is 5.11 Å². The summed E-state index contributed by atoms with van der Waals surface area (Å²) in [6.07, 6.45) is -0.701. The molecule has 1 aromatic heterocycles. The van der Waals surface area contributed by atoms with Crippen molar-refractivity contribution in [1.82, 2.24) is 20.2 Å². The van der Waals surface area contributed by atoms with Crippen LogP contribution in [0.25, 0.3) is 0 Å². The van der Waals surface area contributed by atoms with Gasteiger partial charge in [-0.05, 0) is 22.9 Å². The van der Waals surface area contributed by atoms with Gasteiger partial charge >= 0.3 is 0 Å². The van der Waals surface area contributed by atoms with Crippen LogP contribution in [0.1, 0.15) is 18.7 Å². The van der Waals surface area contributed by atoms with Gasteiger partial charge in [-0.25, -0.2) is 0 Å². The summed E-state index contributed by atoms with van der Waals surface area (Å²) in [5.74, 6) is 0.786. The van der Waals surface area contributed by atoms with E-state index in [0.29, 0.717) is 5.16 Å². The van der Waals surface area contributed by atoms with Gasteiger partial charge in [0.25, 0.3) is 0 Å². The summed E-state index contributed by atoms with van der Waals surface area (Å²) >= 11 is 1.50. The van der Waals surface area contributed by atoms with Crippen molar-refractivity contribution in [1.29, 1.82) is 0 Å². The average molecular weight is 236 g/mol. The Balaban J connectivity index is 2.02. The molecule has 0 amide bonds. The van der Waals surface area contributed by atoms with Crippen LogP contribution in [-0.4, -0.2) is 25.3 Å². The van der Waals surface area contributed by atoms with Crippen molar-refractivity contribution in [3.63, 3.8) is 0 Å². The first kappa shape index (κ1) is 11.1. The first-order valence-electron chi connectivity index (χ1n) is 4.90. The van der Waals surface area contributed by atoms with Crippen molar-refractivity contribution < 1.29 is 5.11 Å². The highest BCUT2D eigenvalue weighted by molar-refractivity contribution is 7.98. The Morgan fingerprint density at radius 2 is 2.12 bits per heavy atom. The summed E-state index contributed by atoms with van der Waals surface area (Å²) in [5.41, 5.74) is 1.20. The number of hydrogen-bond acceptors (Lipinski definition) is 5. The van der Waals surface area contributed by atoms with E-state index in [1.54, 1.807) is 6.92 Å². The third-order valence-electron chi connectivity index (χ3n) is 2.03. The maximum atomic E-state index is 9.40. The summed E-state index contributed by atoms with van der Waals surface area (Å²) in [6, 6.07) is 10.1. The van der Waals surface area contributed by atoms with Gasteiger partial charge in [0.15, 0.2) is 0 Å². The fraction of sp³-hybridized carbons (Fsp3) is 0.300. The zero-order valence-electron chi connectivity index (χ0n) is 8.82. The monoisotopic (exact) mass is 236 g/mol. The van der Waals surface area contributed by atoms with E-state index in [9.17, 15) is 5.11 Å². The Kier molecular flexibility index (Phi) is 3.53. The maximum absolute atomic E-state index is 9.40. The molecule has 0 fully saturated rings. The van der Waals surface area contributed by atoms with Crippen LogP contribution < -0.4 is 0 Å². The SMILES string of the molecule is CC(O)n1nnnc1SCc1ccccc1. The summed E-state index contributed by atoms with van der Waals surface area (Å²) in [4.78, 5) is 0. The van der Waals surface area contributed by atoms with Crippen molar-refractivity contribution >= 4 is 11.8 Å². The van der Waals surface area contributed by atoms with E-state index >= 15 is 0 Å². The number of thioether (sulfide) groups is 1. The highest BCUT2D eigenvalue weighted by Crippen LogP contribution is 2.21. The normalized spacial score (nSPS) is 12.6. The third kappa shape index (κ3) is 2.59. The minimum atomic E-state index is -0.701. The number of rotatable bonds is 4. The quantitative estimate of drug-likeness (QED) is 0.814. The van der Waals surface area contributed by atoms with Gasteiger partial charge in [0.05, 0.1) is 0 Å². The molecular formula is C10H12N4OS. The Labute approximate surface area is 97.5 Å². The fourth-order valence-corrected chi connectivity index (χ4v) is 2.14. The number of aromatic nitrogens is 4. The number of aliphatic hydroxyl groups excluding tert-OH is 1. The molecule has 0 bridgehead atoms. The molecular weight excluding hydrogens is 224 g/mol. The fourth-order valence-electron chi connectivity index (χ4n) is 1.24. The second-order valence-electron chi connectivity index (χ2n) is 3.31. The molecule has 0 saturated carbocycles. The molecule has 0 radical (unpaired) electrons. The average Bonchev–Trinajstić information content (AvgIpc) is 2.76. The van der Waals surface area contributed by atoms with Crippen LogP contribution in [-0.2, 0) is 5.75 Å². The second-order valence-corrected chi connectivity index (χ2v) is 4.25. The van der Waals surface area contributed by atoms with E-state index in [1.165, 1.54) is 22.0 Å². The van der Waals surface area contributed by atoms with Crippen LogP contribution in [0.4, 0.5) is 0 Å². The third-order valence-corrected chi connectivity index (χ3v) is 3.03. The molecule has 2 aromatic rings. The first-order chi connectivity index (χ1) is 7.77. The predicted molar refractivity (Wildman–Crippen MR) is 60.7 cm³/mol. The van der Waals surface area contributed by atoms with E-state index < -0.39 is 6.23 Å². The highest BCUT2D eigenvalue weighted by atomic mass is 32.2. The van der Waals surface area contributed by atoms with Crippen LogP contribution in [0, 0.1) is 0 Å². The smallest absolute Gasteiger partial charge is 0.212 e. The Hall–Kier alpha value is -1.40. The number of nitrogens with zero attached hydrogens (tertiary/aromatic N) is 4. The predicted octanol–water partition coefficient (Wildman–Crippen LogP) is 1.48. The minimum absolute atomic E-state index is 0.624. The first-order valence-corrected chi connectivity index (χ1v) is 5.88. The molecule has 0 aliphatic heterocycles. The lowest BCUT2D eigenvalue weighted by Gasteiger charge is -2.05. The maximum Gasteiger partial charge on any atom is 0.212 e. The van der Waals surface area contributed by atoms with Gasteiger partial charge in [0, 0.05) is 5.75 Å². The van der Waals surface area contributed by atoms with Crippen LogP contribution in [0.15, 0.2) is 35.5 Å². The van der Waals surface area contributed by atoms with Crippen molar-refractivity contribution in [3.05, 3.63) is 35.9 Å². The van der Waals surface area contributed by atoms with E-state index in [0.717, 1.165) is 5.75 Å². The van der Waals surface area contributed by atoms with Crippen LogP contribution in [0.5, 0.6) is 0 Å². The summed E-state index contributed by atoms with van der Waals surface area (Å²) in [7, 11) is 0. The van der Waals surface area contributed by atoms with Crippen LogP contribution in [0.2, 0.25) is 0 Å². The van der Waals surface area contributed by atoms with Gasteiger partial charge in [-0.1, -0.05) is 42.1 Å². The van der Waals surface area contributed by atoms with Gasteiger partial charge in [-0.3, -0.25) is 0 Å². The Morgan fingerprint density at radius 1 is 1.38 bits per heavy atom. The lowest BCUT2D eigenvalue weighted by Crippen LogP contribution is -2.07. The standard InChI is InChI=1S/C10H12N4OS/c1-8(15)14-10(11-12-13-14)16-7-9-5-3-2-4-6-9/h2-6,8,15H,7H2,1H3. The van der Waals surface area contributed by atoms with Gasteiger partial charge in [-0.15, -0.1) is 5.10 Å². The molecule has 0 aliphatic carbocycles. The molecule has 0 saturated heterocycles. The van der Waals surface area contributed by atoms with Crippen molar-refractivity contribution in [2.24, 2.45) is 0 Å². The van der Waals surface area contributed by atoms with Crippen LogP contribution in [0.3, 0.4) is 0 Å². The second kappa shape index (κ2) is 5.09. The molecule has 16 heavy (non-hydrogen) atoms. The molecule has 0 spiro atoms. The molecule has 1 atom stereocenters. The molecule has 0 aliphatic rings. The number of hydrogen-bond donors (Lipinski definition) is 1. The molecule has 1 unspecified atom stereocenters. The molecule has 1 N–H and O–H groups in total. The van der Waals surface area contributed by atoms with E-state index in [2.05, 4.69) is 15.5 Å². The van der Waals surface area contributed by atoms with E-state index in [1.807, 2.05) is 30.3 Å². The summed E-state index contributed by atoms with van der Waals surface area (Å²) in [6.45, 7) is 1.63. The number of tetrazole rings is 1. The number of aliphatic hydroxyl groups is 1. The lowest BCUT2D eigenvalue weighted by atomic mass is 10.2. The van der Waals surface area contributed by atoms with Crippen LogP contribution >= 0.6 is 11.8 Å². The van der Waals surface area contributed by atoms with E-state index in [4.69, 9.17) is 0 Å². The topological polar surface area (TPSA) is 63.8 Å². The zero-order chi connectivity index (χ0) is 11.4. The highest BCUT2D eigenvalue weighted by Gasteiger charge is 2.10. The lowest BCUT2D eigenvalue weighted by molar-refractivity contribution is 0.0985. The number of benzene rings is 1. The summed E-state index contributed by atoms with van der Waals surface area (Å²) < 4.78 is 1.40. The van der Waals surface area contributed by atoms with Crippen molar-refractivity contribution in [3.8, 4) is 0 Å².